The second-order valence-corrected chi connectivity index (χ2v) is 8.81. The molecule has 10 nitrogen and oxygen atoms in total. The third kappa shape index (κ3) is 4.26. The molecule has 30 heavy (non-hydrogen) atoms. The summed E-state index contributed by atoms with van der Waals surface area (Å²) in [5, 5.41) is 3.81. The Morgan fingerprint density at radius 3 is 2.57 bits per heavy atom. The van der Waals surface area contributed by atoms with Gasteiger partial charge in [-0.25, -0.2) is 8.42 Å². The molecule has 0 saturated carbocycles. The molecule has 164 valence electrons. The minimum atomic E-state index is -3.86. The van der Waals surface area contributed by atoms with Crippen molar-refractivity contribution >= 4 is 15.9 Å². The molecular formula is C19H26N4O6S. The summed E-state index contributed by atoms with van der Waals surface area (Å²) in [7, 11) is -0.933. The molecule has 1 unspecified atom stereocenters. The van der Waals surface area contributed by atoms with Crippen molar-refractivity contribution in [1.29, 1.82) is 0 Å². The Morgan fingerprint density at radius 2 is 1.97 bits per heavy atom. The number of hydrogen-bond acceptors (Lipinski definition) is 8. The second kappa shape index (κ2) is 9.00. The van der Waals surface area contributed by atoms with Crippen molar-refractivity contribution in [1.82, 2.24) is 19.3 Å². The summed E-state index contributed by atoms with van der Waals surface area (Å²) >= 11 is 0. The number of carbonyl (C=O) groups excluding carboxylic acids is 1. The largest absolute Gasteiger partial charge is 0.493 e. The van der Waals surface area contributed by atoms with Gasteiger partial charge >= 0.3 is 0 Å². The molecule has 1 aromatic heterocycles. The molecule has 1 fully saturated rings. The Hall–Kier alpha value is -2.66. The van der Waals surface area contributed by atoms with Crippen LogP contribution in [0.4, 0.5) is 0 Å². The van der Waals surface area contributed by atoms with Crippen LogP contribution in [-0.2, 0) is 14.8 Å². The molecule has 0 N–H and O–H groups in total. The van der Waals surface area contributed by atoms with Gasteiger partial charge in [-0.05, 0) is 25.5 Å². The lowest BCUT2D eigenvalue weighted by Crippen LogP contribution is -2.40. The van der Waals surface area contributed by atoms with E-state index >= 15 is 0 Å². The molecule has 2 aromatic rings. The lowest BCUT2D eigenvalue weighted by Gasteiger charge is -2.29. The molecule has 0 spiro atoms. The molecule has 0 radical (unpaired) electrons. The average molecular weight is 439 g/mol. The first kappa shape index (κ1) is 22.0. The smallest absolute Gasteiger partial charge is 0.250 e. The third-order valence-corrected chi connectivity index (χ3v) is 6.86. The summed E-state index contributed by atoms with van der Waals surface area (Å²) < 4.78 is 43.9. The van der Waals surface area contributed by atoms with Crippen molar-refractivity contribution in [2.45, 2.75) is 37.6 Å². The van der Waals surface area contributed by atoms with Crippen molar-refractivity contribution < 1.29 is 27.2 Å². The number of hydrogen-bond donors (Lipinski definition) is 0. The Labute approximate surface area is 175 Å². The van der Waals surface area contributed by atoms with Crippen LogP contribution >= 0.6 is 0 Å². The Bertz CT molecular complexity index is 1010. The van der Waals surface area contributed by atoms with Crippen molar-refractivity contribution in [2.24, 2.45) is 0 Å². The van der Waals surface area contributed by atoms with Gasteiger partial charge in [-0.15, -0.1) is 0 Å². The maximum atomic E-state index is 13.4. The van der Waals surface area contributed by atoms with E-state index in [1.165, 1.54) is 30.7 Å². The SMILES string of the molecule is CCC(=O)N1CCCN(S(=O)(=O)c2ccc(OC)c(OC)c2)CC1c1nc(C)no1. The zero-order valence-electron chi connectivity index (χ0n) is 17.5. The number of ether oxygens (including phenoxy) is 2. The first-order valence-electron chi connectivity index (χ1n) is 9.63. The fourth-order valence-corrected chi connectivity index (χ4v) is 4.96. The Kier molecular flexibility index (Phi) is 6.61. The maximum Gasteiger partial charge on any atom is 0.250 e. The zero-order valence-corrected chi connectivity index (χ0v) is 18.3. The van der Waals surface area contributed by atoms with Crippen LogP contribution in [0.2, 0.25) is 0 Å². The van der Waals surface area contributed by atoms with Crippen LogP contribution in [-0.4, -0.2) is 67.5 Å². The molecule has 11 heteroatoms. The number of aryl methyl sites for hydroxylation is 1. The van der Waals surface area contributed by atoms with E-state index in [1.54, 1.807) is 24.8 Å². The van der Waals surface area contributed by atoms with Crippen LogP contribution in [0.5, 0.6) is 11.5 Å². The number of nitrogens with zero attached hydrogens (tertiary/aromatic N) is 4. The summed E-state index contributed by atoms with van der Waals surface area (Å²) in [4.78, 5) is 18.5. The van der Waals surface area contributed by atoms with Crippen LogP contribution in [0.1, 0.15) is 37.5 Å². The van der Waals surface area contributed by atoms with Crippen molar-refractivity contribution in [3.8, 4) is 11.5 Å². The number of sulfonamides is 1. The first-order valence-corrected chi connectivity index (χ1v) is 11.1. The quantitative estimate of drug-likeness (QED) is 0.670. The van der Waals surface area contributed by atoms with Gasteiger partial charge in [0.25, 0.3) is 5.89 Å². The number of benzene rings is 1. The molecule has 1 aliphatic heterocycles. The van der Waals surface area contributed by atoms with Crippen LogP contribution < -0.4 is 9.47 Å². The second-order valence-electron chi connectivity index (χ2n) is 6.87. The van der Waals surface area contributed by atoms with Crippen molar-refractivity contribution in [3.63, 3.8) is 0 Å². The standard InChI is InChI=1S/C19H26N4O6S/c1-5-18(24)23-10-6-9-22(12-15(23)19-20-13(2)21-29-19)30(25,26)14-7-8-16(27-3)17(11-14)28-4/h7-8,11,15H,5-6,9-10,12H2,1-4H3. The van der Waals surface area contributed by atoms with Gasteiger partial charge < -0.3 is 18.9 Å². The predicted octanol–water partition coefficient (Wildman–Crippen LogP) is 1.77. The summed E-state index contributed by atoms with van der Waals surface area (Å²) in [6.45, 7) is 4.11. The Morgan fingerprint density at radius 1 is 1.23 bits per heavy atom. The van der Waals surface area contributed by atoms with Gasteiger partial charge in [-0.2, -0.15) is 9.29 Å². The molecular weight excluding hydrogens is 412 g/mol. The highest BCUT2D eigenvalue weighted by molar-refractivity contribution is 7.89. The van der Waals surface area contributed by atoms with E-state index in [9.17, 15) is 13.2 Å². The minimum absolute atomic E-state index is 0.0179. The van der Waals surface area contributed by atoms with Gasteiger partial charge in [0.15, 0.2) is 17.3 Å². The lowest BCUT2D eigenvalue weighted by atomic mass is 10.2. The van der Waals surface area contributed by atoms with Crippen LogP contribution in [0.15, 0.2) is 27.6 Å². The van der Waals surface area contributed by atoms with E-state index in [0.717, 1.165) is 0 Å². The predicted molar refractivity (Wildman–Crippen MR) is 107 cm³/mol. The van der Waals surface area contributed by atoms with E-state index in [1.807, 2.05) is 0 Å². The minimum Gasteiger partial charge on any atom is -0.493 e. The molecule has 2 heterocycles. The molecule has 3 rings (SSSR count). The van der Waals surface area contributed by atoms with Crippen LogP contribution in [0.25, 0.3) is 0 Å². The van der Waals surface area contributed by atoms with Gasteiger partial charge in [-0.3, -0.25) is 4.79 Å². The summed E-state index contributed by atoms with van der Waals surface area (Å²) in [6, 6.07) is 3.80. The maximum absolute atomic E-state index is 13.4. The van der Waals surface area contributed by atoms with E-state index in [4.69, 9.17) is 14.0 Å². The molecule has 0 bridgehead atoms. The van der Waals surface area contributed by atoms with Gasteiger partial charge in [0, 0.05) is 32.1 Å². The molecule has 1 aromatic carbocycles. The number of aromatic nitrogens is 2. The molecule has 1 aliphatic rings. The molecule has 1 saturated heterocycles. The summed E-state index contributed by atoms with van der Waals surface area (Å²) in [6.07, 6.45) is 0.786. The number of amides is 1. The fraction of sp³-hybridized carbons (Fsp3) is 0.526. The van der Waals surface area contributed by atoms with E-state index in [0.29, 0.717) is 36.7 Å². The average Bonchev–Trinajstić information content (AvgIpc) is 3.05. The monoisotopic (exact) mass is 438 g/mol. The van der Waals surface area contributed by atoms with Crippen LogP contribution in [0.3, 0.4) is 0 Å². The highest BCUT2D eigenvalue weighted by atomic mass is 32.2. The molecule has 1 atom stereocenters. The topological polar surface area (TPSA) is 115 Å². The normalized spacial score (nSPS) is 18.1. The number of rotatable bonds is 6. The number of methoxy groups -OCH3 is 2. The summed E-state index contributed by atoms with van der Waals surface area (Å²) in [5.74, 6) is 1.31. The van der Waals surface area contributed by atoms with Gasteiger partial charge in [-0.1, -0.05) is 12.1 Å². The Balaban J connectivity index is 1.98. The van der Waals surface area contributed by atoms with E-state index in [-0.39, 0.29) is 29.8 Å². The first-order chi connectivity index (χ1) is 14.3. The van der Waals surface area contributed by atoms with Crippen molar-refractivity contribution in [3.05, 3.63) is 29.9 Å². The van der Waals surface area contributed by atoms with Crippen molar-refractivity contribution in [2.75, 3.05) is 33.9 Å². The van der Waals surface area contributed by atoms with Gasteiger partial charge in [0.05, 0.1) is 19.1 Å². The van der Waals surface area contributed by atoms with Crippen LogP contribution in [0, 0.1) is 6.92 Å². The lowest BCUT2D eigenvalue weighted by molar-refractivity contribution is -0.133. The van der Waals surface area contributed by atoms with Gasteiger partial charge in [0.2, 0.25) is 15.9 Å². The third-order valence-electron chi connectivity index (χ3n) is 5.00. The van der Waals surface area contributed by atoms with E-state index in [2.05, 4.69) is 10.1 Å². The number of carbonyl (C=O) groups is 1. The highest BCUT2D eigenvalue weighted by Crippen LogP contribution is 2.33. The molecule has 0 aliphatic carbocycles. The zero-order chi connectivity index (χ0) is 21.9. The molecule has 1 amide bonds. The van der Waals surface area contributed by atoms with E-state index < -0.39 is 16.1 Å². The summed E-state index contributed by atoms with van der Waals surface area (Å²) in [5.41, 5.74) is 0. The van der Waals surface area contributed by atoms with Gasteiger partial charge in [0.1, 0.15) is 6.04 Å². The fourth-order valence-electron chi connectivity index (χ4n) is 3.46. The highest BCUT2D eigenvalue weighted by Gasteiger charge is 2.37.